The van der Waals surface area contributed by atoms with Crippen LogP contribution in [0.1, 0.15) is 245 Å². The predicted molar refractivity (Wildman–Crippen MR) is 324 cm³/mol. The molecule has 0 fully saturated rings. The van der Waals surface area contributed by atoms with Crippen LogP contribution in [0.25, 0.3) is 0 Å². The van der Waals surface area contributed by atoms with Gasteiger partial charge in [-0.2, -0.15) is 0 Å². The summed E-state index contributed by atoms with van der Waals surface area (Å²) in [5.41, 5.74) is 0. The minimum absolute atomic E-state index is 0.142. The standard InChI is InChI=1S/C68H115NO8/c1-6-8-10-12-14-16-18-20-21-22-23-24-25-26-27-28-29-30-31-32-33-34-35-36-37-38-39-40-41-42-43-44-45-47-49-51-53-55-57-59-66(71)77-64(63-76-68(67(72)73)74-61-60-69(3,4)5)62-75-65(70)58-56-54-52-50-48-46-19-17-15-13-11-9-7-2/h8,10-11,13-14,16-17,19-21,23-24,26-27,29-30,32-33,64,68H,6-7,9,12,15,18,22,25,28,31,34-63H2,1-5H3/b10-8-,13-11-,16-14-,19-17-,21-20-,24-23-,27-26-,30-29-,33-32-. The maximum absolute atomic E-state index is 12.9. The van der Waals surface area contributed by atoms with Crippen LogP contribution in [0.5, 0.6) is 0 Å². The number of aliphatic carboxylic acids is 1. The number of hydrogen-bond donors (Lipinski definition) is 0. The normalized spacial score (nSPS) is 13.5. The van der Waals surface area contributed by atoms with Gasteiger partial charge in [0.25, 0.3) is 0 Å². The van der Waals surface area contributed by atoms with Gasteiger partial charge in [-0.25, -0.2) is 0 Å². The summed E-state index contributed by atoms with van der Waals surface area (Å²) in [4.78, 5) is 37.2. The topological polar surface area (TPSA) is 111 Å². The van der Waals surface area contributed by atoms with Gasteiger partial charge in [-0.1, -0.05) is 245 Å². The predicted octanol–water partition coefficient (Wildman–Crippen LogP) is 17.3. The number of unbranched alkanes of at least 4 members (excludes halogenated alkanes) is 23. The van der Waals surface area contributed by atoms with Gasteiger partial charge in [0, 0.05) is 12.8 Å². The molecule has 0 saturated carbocycles. The molecule has 440 valence electrons. The summed E-state index contributed by atoms with van der Waals surface area (Å²) in [6.45, 7) is 4.55. The van der Waals surface area contributed by atoms with Crippen LogP contribution in [0, 0.1) is 0 Å². The molecule has 0 rings (SSSR count). The van der Waals surface area contributed by atoms with Crippen LogP contribution in [-0.4, -0.2) is 82.3 Å². The van der Waals surface area contributed by atoms with Crippen LogP contribution < -0.4 is 5.11 Å². The third-order valence-electron chi connectivity index (χ3n) is 13.0. The van der Waals surface area contributed by atoms with Crippen molar-refractivity contribution >= 4 is 17.9 Å². The number of nitrogens with zero attached hydrogens (tertiary/aromatic N) is 1. The maximum Gasteiger partial charge on any atom is 0.306 e. The summed E-state index contributed by atoms with van der Waals surface area (Å²) in [7, 11) is 5.91. The van der Waals surface area contributed by atoms with Gasteiger partial charge < -0.3 is 33.3 Å². The van der Waals surface area contributed by atoms with E-state index in [0.717, 1.165) is 116 Å². The van der Waals surface area contributed by atoms with Gasteiger partial charge in [0.2, 0.25) is 0 Å². The maximum atomic E-state index is 12.9. The number of quaternary nitrogens is 1. The van der Waals surface area contributed by atoms with Crippen LogP contribution in [-0.2, 0) is 33.3 Å². The zero-order chi connectivity index (χ0) is 56.2. The lowest BCUT2D eigenvalue weighted by atomic mass is 10.0. The number of carboxylic acids is 1. The molecule has 77 heavy (non-hydrogen) atoms. The molecule has 0 heterocycles. The number of rotatable bonds is 56. The van der Waals surface area contributed by atoms with E-state index in [0.29, 0.717) is 17.4 Å². The van der Waals surface area contributed by atoms with Gasteiger partial charge in [0.05, 0.1) is 40.3 Å². The number of likely N-dealkylation sites (N-methyl/N-ethyl adjacent to an activating group) is 1. The first-order chi connectivity index (χ1) is 37.6. The molecular weight excluding hydrogens is 959 g/mol. The second kappa shape index (κ2) is 58.1. The first-order valence-corrected chi connectivity index (χ1v) is 31.0. The van der Waals surface area contributed by atoms with Crippen LogP contribution in [0.2, 0.25) is 0 Å². The van der Waals surface area contributed by atoms with Crippen molar-refractivity contribution in [2.45, 2.75) is 257 Å². The highest BCUT2D eigenvalue weighted by Gasteiger charge is 2.22. The number of carboxylic acid groups (broad SMARTS) is 1. The van der Waals surface area contributed by atoms with Gasteiger partial charge in [-0.3, -0.25) is 9.59 Å². The zero-order valence-corrected chi connectivity index (χ0v) is 50.0. The fourth-order valence-corrected chi connectivity index (χ4v) is 8.26. The number of hydrogen-bond acceptors (Lipinski definition) is 8. The molecule has 0 saturated heterocycles. The second-order valence-corrected chi connectivity index (χ2v) is 21.6. The first-order valence-electron chi connectivity index (χ1n) is 31.0. The van der Waals surface area contributed by atoms with E-state index in [2.05, 4.69) is 123 Å². The SMILES string of the molecule is CC/C=C\C/C=C\C/C=C\C/C=C\C/C=C\C/C=C\C/C=C\CCCCCCCCCCCCCCCCCCCC(=O)OC(COC(=O)CCCCCCC/C=C\C/C=C\CCC)COC(OCC[N+](C)(C)C)C(=O)[O-]. The third-order valence-corrected chi connectivity index (χ3v) is 13.0. The Bertz CT molecular complexity index is 1630. The molecule has 9 nitrogen and oxygen atoms in total. The van der Waals surface area contributed by atoms with Crippen molar-refractivity contribution in [1.82, 2.24) is 0 Å². The summed E-state index contributed by atoms with van der Waals surface area (Å²) in [6, 6.07) is 0. The Morgan fingerprint density at radius 2 is 0.740 bits per heavy atom. The Kier molecular flexibility index (Phi) is 55.1. The van der Waals surface area contributed by atoms with E-state index in [4.69, 9.17) is 18.9 Å². The Labute approximate surface area is 473 Å². The van der Waals surface area contributed by atoms with Crippen molar-refractivity contribution in [3.63, 3.8) is 0 Å². The monoisotopic (exact) mass is 1070 g/mol. The Morgan fingerprint density at radius 1 is 0.403 bits per heavy atom. The third kappa shape index (κ3) is 59.5. The number of ether oxygens (including phenoxy) is 4. The molecule has 0 amide bonds. The molecule has 0 aromatic heterocycles. The molecule has 0 bridgehead atoms. The number of carbonyl (C=O) groups is 3. The molecule has 2 unspecified atom stereocenters. The minimum atomic E-state index is -1.63. The lowest BCUT2D eigenvalue weighted by Gasteiger charge is -2.26. The van der Waals surface area contributed by atoms with Gasteiger partial charge in [-0.15, -0.1) is 0 Å². The van der Waals surface area contributed by atoms with Crippen molar-refractivity contribution < 1.29 is 42.9 Å². The van der Waals surface area contributed by atoms with Gasteiger partial charge in [0.15, 0.2) is 12.4 Å². The van der Waals surface area contributed by atoms with Crippen molar-refractivity contribution in [1.29, 1.82) is 0 Å². The molecule has 0 aromatic rings. The molecule has 0 aliphatic rings. The summed E-state index contributed by atoms with van der Waals surface area (Å²) in [5.74, 6) is -2.30. The van der Waals surface area contributed by atoms with Crippen LogP contribution >= 0.6 is 0 Å². The Morgan fingerprint density at radius 3 is 1.10 bits per heavy atom. The van der Waals surface area contributed by atoms with E-state index in [1.165, 1.54) is 96.3 Å². The summed E-state index contributed by atoms with van der Waals surface area (Å²) in [5, 5.41) is 11.8. The van der Waals surface area contributed by atoms with Crippen LogP contribution in [0.3, 0.4) is 0 Å². The van der Waals surface area contributed by atoms with Crippen LogP contribution in [0.15, 0.2) is 109 Å². The van der Waals surface area contributed by atoms with Gasteiger partial charge in [0.1, 0.15) is 13.2 Å². The molecule has 0 spiro atoms. The van der Waals surface area contributed by atoms with Crippen molar-refractivity contribution in [3.05, 3.63) is 109 Å². The molecular formula is C68H115NO8. The molecule has 2 atom stereocenters. The van der Waals surface area contributed by atoms with Gasteiger partial charge >= 0.3 is 11.9 Å². The molecule has 0 N–H and O–H groups in total. The van der Waals surface area contributed by atoms with E-state index in [1.54, 1.807) is 0 Å². The number of carbonyl (C=O) groups excluding carboxylic acids is 3. The largest absolute Gasteiger partial charge is 0.545 e. The highest BCUT2D eigenvalue weighted by atomic mass is 16.7. The molecule has 9 heteroatoms. The smallest absolute Gasteiger partial charge is 0.306 e. The zero-order valence-electron chi connectivity index (χ0n) is 50.0. The lowest BCUT2D eigenvalue weighted by molar-refractivity contribution is -0.870. The second-order valence-electron chi connectivity index (χ2n) is 21.6. The van der Waals surface area contributed by atoms with E-state index in [9.17, 15) is 19.5 Å². The van der Waals surface area contributed by atoms with Crippen molar-refractivity contribution in [2.24, 2.45) is 0 Å². The summed E-state index contributed by atoms with van der Waals surface area (Å²) >= 11 is 0. The molecule has 0 radical (unpaired) electrons. The Balaban J connectivity index is 4.04. The van der Waals surface area contributed by atoms with Crippen molar-refractivity contribution in [3.8, 4) is 0 Å². The van der Waals surface area contributed by atoms with E-state index in [1.807, 2.05) is 21.1 Å². The number of esters is 2. The highest BCUT2D eigenvalue weighted by molar-refractivity contribution is 5.70. The molecule has 0 aliphatic carbocycles. The molecule has 0 aromatic carbocycles. The van der Waals surface area contributed by atoms with E-state index in [-0.39, 0.29) is 38.6 Å². The van der Waals surface area contributed by atoms with Gasteiger partial charge in [-0.05, 0) is 96.3 Å². The molecule has 0 aliphatic heterocycles. The van der Waals surface area contributed by atoms with E-state index < -0.39 is 24.3 Å². The minimum Gasteiger partial charge on any atom is -0.545 e. The average molecular weight is 1070 g/mol. The first kappa shape index (κ1) is 73.0. The lowest BCUT2D eigenvalue weighted by Crippen LogP contribution is -2.44. The Hall–Kier alpha value is -4.05. The fraction of sp³-hybridized carbons (Fsp3) is 0.691. The average Bonchev–Trinajstić information content (AvgIpc) is 3.40. The number of allylic oxidation sites excluding steroid dienone is 18. The van der Waals surface area contributed by atoms with Crippen molar-refractivity contribution in [2.75, 3.05) is 47.5 Å². The fourth-order valence-electron chi connectivity index (χ4n) is 8.26. The summed E-state index contributed by atoms with van der Waals surface area (Å²) in [6.07, 6.45) is 77.4. The highest BCUT2D eigenvalue weighted by Crippen LogP contribution is 2.16. The van der Waals surface area contributed by atoms with Crippen LogP contribution in [0.4, 0.5) is 0 Å². The van der Waals surface area contributed by atoms with E-state index >= 15 is 0 Å². The quantitative estimate of drug-likeness (QED) is 0.0195. The summed E-state index contributed by atoms with van der Waals surface area (Å²) < 4.78 is 22.7.